The van der Waals surface area contributed by atoms with Crippen LogP contribution < -0.4 is 16.2 Å². The van der Waals surface area contributed by atoms with E-state index in [1.165, 1.54) is 0 Å². The number of fused-ring (bicyclic) bond motifs is 3. The molecule has 1 saturated carbocycles. The molecule has 2 aromatic rings. The molecule has 1 aromatic carbocycles. The average Bonchev–Trinajstić information content (AvgIpc) is 2.80. The van der Waals surface area contributed by atoms with Crippen molar-refractivity contribution in [1.29, 1.82) is 0 Å². The maximum atomic E-state index is 12.8. The first-order chi connectivity index (χ1) is 15.2. The molecule has 2 heterocycles. The van der Waals surface area contributed by atoms with Gasteiger partial charge in [-0.1, -0.05) is 19.9 Å². The van der Waals surface area contributed by atoms with Crippen LogP contribution >= 0.6 is 0 Å². The molecule has 5 atom stereocenters. The molecule has 2 fully saturated rings. The number of aromatic hydroxyl groups is 1. The third-order valence-corrected chi connectivity index (χ3v) is 8.44. The van der Waals surface area contributed by atoms with Crippen LogP contribution in [0.25, 0.3) is 0 Å². The Morgan fingerprint density at radius 1 is 1.28 bits per heavy atom. The maximum Gasteiger partial charge on any atom is 0.261 e. The molecule has 32 heavy (non-hydrogen) atoms. The van der Waals surface area contributed by atoms with Crippen LogP contribution in [-0.4, -0.2) is 39.3 Å². The Kier molecular flexibility index (Phi) is 4.03. The lowest BCUT2D eigenvalue weighted by Gasteiger charge is -2.49. The number of pyridine rings is 1. The van der Waals surface area contributed by atoms with E-state index in [-0.39, 0.29) is 29.3 Å². The lowest BCUT2D eigenvalue weighted by Crippen LogP contribution is -2.65. The van der Waals surface area contributed by atoms with Crippen molar-refractivity contribution in [2.75, 3.05) is 6.54 Å². The van der Waals surface area contributed by atoms with Gasteiger partial charge in [-0.25, -0.2) is 0 Å². The highest BCUT2D eigenvalue weighted by atomic mass is 16.3. The van der Waals surface area contributed by atoms with Crippen LogP contribution in [-0.2, 0) is 18.3 Å². The number of H-pyrrole nitrogens is 1. The summed E-state index contributed by atoms with van der Waals surface area (Å²) in [6.07, 6.45) is 2.52. The summed E-state index contributed by atoms with van der Waals surface area (Å²) in [7, 11) is 0. The largest absolute Gasteiger partial charge is 0.508 e. The molecule has 3 aliphatic carbocycles. The van der Waals surface area contributed by atoms with E-state index in [1.807, 2.05) is 6.07 Å². The summed E-state index contributed by atoms with van der Waals surface area (Å²) in [6.45, 7) is 4.70. The number of carbonyl (C=O) groups excluding carboxylic acids is 1. The third kappa shape index (κ3) is 2.43. The van der Waals surface area contributed by atoms with Gasteiger partial charge in [0.05, 0.1) is 5.60 Å². The van der Waals surface area contributed by atoms with E-state index in [0.717, 1.165) is 35.2 Å². The van der Waals surface area contributed by atoms with Gasteiger partial charge in [0.2, 0.25) is 0 Å². The second kappa shape index (κ2) is 6.45. The number of phenols is 1. The van der Waals surface area contributed by atoms with Gasteiger partial charge >= 0.3 is 0 Å². The van der Waals surface area contributed by atoms with Crippen molar-refractivity contribution >= 4 is 5.91 Å². The maximum absolute atomic E-state index is 12.8. The first-order valence-corrected chi connectivity index (χ1v) is 11.6. The summed E-state index contributed by atoms with van der Waals surface area (Å²) >= 11 is 0. The van der Waals surface area contributed by atoms with Crippen LogP contribution in [0.4, 0.5) is 0 Å². The van der Waals surface area contributed by atoms with Gasteiger partial charge < -0.3 is 25.8 Å². The Morgan fingerprint density at radius 2 is 2.09 bits per heavy atom. The molecule has 2 unspecified atom stereocenters. The van der Waals surface area contributed by atoms with Crippen molar-refractivity contribution in [2.45, 2.75) is 62.6 Å². The SMILES string of the molecule is CC(C)CCNC(=O)c1cc2c([nH]c1=O)C[C@@]13CC4C(N[C@H]4[C@]1(O)C2)c1ccc(O)cc13. The minimum atomic E-state index is -1.04. The lowest BCUT2D eigenvalue weighted by atomic mass is 9.59. The van der Waals surface area contributed by atoms with Crippen molar-refractivity contribution in [3.8, 4) is 5.75 Å². The van der Waals surface area contributed by atoms with Gasteiger partial charge in [0.1, 0.15) is 11.3 Å². The Bertz CT molecular complexity index is 1200. The van der Waals surface area contributed by atoms with E-state index >= 15 is 0 Å². The normalized spacial score (nSPS) is 33.2. The van der Waals surface area contributed by atoms with Crippen molar-refractivity contribution in [3.63, 3.8) is 0 Å². The van der Waals surface area contributed by atoms with Crippen molar-refractivity contribution < 1.29 is 15.0 Å². The zero-order valence-electron chi connectivity index (χ0n) is 18.4. The van der Waals surface area contributed by atoms with Gasteiger partial charge in [0.15, 0.2) is 0 Å². The van der Waals surface area contributed by atoms with Crippen LogP contribution in [0.5, 0.6) is 5.75 Å². The average molecular weight is 436 g/mol. The monoisotopic (exact) mass is 435 g/mol. The summed E-state index contributed by atoms with van der Waals surface area (Å²) in [5, 5.41) is 28.8. The van der Waals surface area contributed by atoms with Gasteiger partial charge in [-0.15, -0.1) is 0 Å². The summed E-state index contributed by atoms with van der Waals surface area (Å²) in [5.74, 6) is 0.613. The van der Waals surface area contributed by atoms with Gasteiger partial charge in [-0.2, -0.15) is 0 Å². The standard InChI is InChI=1S/C25H29N3O4/c1-12(2)5-6-26-22(30)16-7-13-9-25(32)21-17-10-24(25,11-19(13)27-23(16)31)18-8-14(29)3-4-15(18)20(17)28-21/h3-4,7-8,12,17,20-21,28-29,32H,5-6,9-11H2,1-2H3,(H,26,30)(H,27,31)/t17?,20?,21-,24-,25-/m1/s1. The summed E-state index contributed by atoms with van der Waals surface area (Å²) in [6, 6.07) is 7.29. The molecule has 4 aliphatic rings. The second-order valence-corrected chi connectivity index (χ2v) is 10.6. The fourth-order valence-electron chi connectivity index (χ4n) is 6.87. The smallest absolute Gasteiger partial charge is 0.261 e. The minimum absolute atomic E-state index is 0.0366. The molecule has 168 valence electrons. The van der Waals surface area contributed by atoms with Gasteiger partial charge in [-0.3, -0.25) is 9.59 Å². The molecule has 5 N–H and O–H groups in total. The van der Waals surface area contributed by atoms with Crippen molar-refractivity contribution in [3.05, 3.63) is 62.6 Å². The first kappa shape index (κ1) is 20.0. The molecule has 1 aliphatic heterocycles. The number of rotatable bonds is 4. The number of aliphatic hydroxyl groups is 1. The first-order valence-electron chi connectivity index (χ1n) is 11.6. The number of aromatic nitrogens is 1. The molecule has 1 aromatic heterocycles. The van der Waals surface area contributed by atoms with E-state index in [1.54, 1.807) is 18.2 Å². The van der Waals surface area contributed by atoms with Crippen LogP contribution in [0.1, 0.15) is 65.5 Å². The fraction of sp³-hybridized carbons (Fsp3) is 0.520. The summed E-state index contributed by atoms with van der Waals surface area (Å²) in [5.41, 5.74) is 1.84. The summed E-state index contributed by atoms with van der Waals surface area (Å²) in [4.78, 5) is 28.4. The van der Waals surface area contributed by atoms with Crippen molar-refractivity contribution in [2.24, 2.45) is 11.8 Å². The van der Waals surface area contributed by atoms with Crippen LogP contribution in [0.2, 0.25) is 0 Å². The number of phenolic OH excluding ortho intramolecular Hbond substituents is 1. The van der Waals surface area contributed by atoms with Gasteiger partial charge in [-0.05, 0) is 59.6 Å². The van der Waals surface area contributed by atoms with Crippen LogP contribution in [0.15, 0.2) is 29.1 Å². The highest BCUT2D eigenvalue weighted by molar-refractivity contribution is 5.94. The predicted molar refractivity (Wildman–Crippen MR) is 119 cm³/mol. The topological polar surface area (TPSA) is 114 Å². The Labute approximate surface area is 186 Å². The molecular formula is C25H29N3O4. The van der Waals surface area contributed by atoms with Crippen LogP contribution in [0.3, 0.4) is 0 Å². The number of amides is 1. The van der Waals surface area contributed by atoms with Crippen LogP contribution in [0, 0.1) is 11.8 Å². The summed E-state index contributed by atoms with van der Waals surface area (Å²) < 4.78 is 0. The van der Waals surface area contributed by atoms with E-state index in [9.17, 15) is 19.8 Å². The van der Waals surface area contributed by atoms with E-state index in [2.05, 4.69) is 29.5 Å². The van der Waals surface area contributed by atoms with E-state index in [0.29, 0.717) is 31.2 Å². The van der Waals surface area contributed by atoms with Gasteiger partial charge in [0.25, 0.3) is 11.5 Å². The number of hydrogen-bond donors (Lipinski definition) is 5. The predicted octanol–water partition coefficient (Wildman–Crippen LogP) is 1.67. The quantitative estimate of drug-likeness (QED) is 0.501. The molecule has 0 radical (unpaired) electrons. The highest BCUT2D eigenvalue weighted by Crippen LogP contribution is 2.67. The zero-order chi connectivity index (χ0) is 22.4. The number of nitrogens with one attached hydrogen (secondary N) is 3. The number of aromatic amines is 1. The number of carbonyl (C=O) groups is 1. The zero-order valence-corrected chi connectivity index (χ0v) is 18.4. The third-order valence-electron chi connectivity index (χ3n) is 8.44. The number of benzene rings is 1. The Balaban J connectivity index is 1.41. The van der Waals surface area contributed by atoms with Crippen molar-refractivity contribution in [1.82, 2.24) is 15.6 Å². The second-order valence-electron chi connectivity index (χ2n) is 10.6. The molecule has 7 heteroatoms. The van der Waals surface area contributed by atoms with Gasteiger partial charge in [0, 0.05) is 42.6 Å². The molecule has 1 saturated heterocycles. The Morgan fingerprint density at radius 3 is 2.88 bits per heavy atom. The van der Waals surface area contributed by atoms with E-state index < -0.39 is 16.6 Å². The molecule has 4 bridgehead atoms. The van der Waals surface area contributed by atoms with E-state index in [4.69, 9.17) is 0 Å². The molecule has 1 amide bonds. The molecule has 0 spiro atoms. The molecule has 6 rings (SSSR count). The minimum Gasteiger partial charge on any atom is -0.508 e. The lowest BCUT2D eigenvalue weighted by molar-refractivity contribution is -0.0614. The number of hydrogen-bond acceptors (Lipinski definition) is 5. The molecular weight excluding hydrogens is 406 g/mol. The Hall–Kier alpha value is -2.64. The fourth-order valence-corrected chi connectivity index (χ4v) is 6.87. The highest BCUT2D eigenvalue weighted by Gasteiger charge is 2.73. The molecule has 7 nitrogen and oxygen atoms in total.